The number of nitrogens with zero attached hydrogens (tertiary/aromatic N) is 2. The highest BCUT2D eigenvalue weighted by Gasteiger charge is 2.09. The van der Waals surface area contributed by atoms with E-state index in [-0.39, 0.29) is 16.9 Å². The van der Waals surface area contributed by atoms with Crippen molar-refractivity contribution in [3.05, 3.63) is 17.0 Å². The molecule has 0 spiro atoms. The molecule has 0 aliphatic rings. The SMILES string of the molecule is COC(=O)c1cc(O)nc(Cl)n1. The van der Waals surface area contributed by atoms with Gasteiger partial charge in [-0.25, -0.2) is 9.78 Å². The van der Waals surface area contributed by atoms with Crippen LogP contribution >= 0.6 is 11.6 Å². The maximum Gasteiger partial charge on any atom is 0.356 e. The molecule has 1 heterocycles. The molecule has 12 heavy (non-hydrogen) atoms. The van der Waals surface area contributed by atoms with Crippen LogP contribution in [0.1, 0.15) is 10.5 Å². The van der Waals surface area contributed by atoms with Gasteiger partial charge in [-0.1, -0.05) is 0 Å². The highest BCUT2D eigenvalue weighted by Crippen LogP contribution is 2.11. The summed E-state index contributed by atoms with van der Waals surface area (Å²) in [6.07, 6.45) is 0. The van der Waals surface area contributed by atoms with E-state index in [1.165, 1.54) is 7.11 Å². The maximum absolute atomic E-state index is 10.8. The summed E-state index contributed by atoms with van der Waals surface area (Å²) in [6.45, 7) is 0. The van der Waals surface area contributed by atoms with Gasteiger partial charge in [-0.15, -0.1) is 0 Å². The molecular formula is C6H5ClN2O3. The van der Waals surface area contributed by atoms with Gasteiger partial charge in [0, 0.05) is 6.07 Å². The van der Waals surface area contributed by atoms with Crippen molar-refractivity contribution in [2.24, 2.45) is 0 Å². The Bertz CT molecular complexity index is 295. The Kier molecular flexibility index (Phi) is 2.44. The quantitative estimate of drug-likeness (QED) is 0.517. The van der Waals surface area contributed by atoms with E-state index in [0.717, 1.165) is 6.07 Å². The largest absolute Gasteiger partial charge is 0.493 e. The summed E-state index contributed by atoms with van der Waals surface area (Å²) in [6, 6.07) is 1.07. The van der Waals surface area contributed by atoms with Gasteiger partial charge in [-0.05, 0) is 11.6 Å². The standard InChI is InChI=1S/C6H5ClN2O3/c1-12-5(11)3-2-4(10)9-6(7)8-3/h2H,1H3,(H,8,9,10). The third-order valence-electron chi connectivity index (χ3n) is 1.08. The maximum atomic E-state index is 10.8. The second kappa shape index (κ2) is 3.36. The second-order valence-corrected chi connectivity index (χ2v) is 2.21. The molecule has 1 N–H and O–H groups in total. The van der Waals surface area contributed by atoms with Crippen molar-refractivity contribution in [1.29, 1.82) is 0 Å². The summed E-state index contributed by atoms with van der Waals surface area (Å²) in [4.78, 5) is 17.7. The van der Waals surface area contributed by atoms with Crippen molar-refractivity contribution in [2.45, 2.75) is 0 Å². The van der Waals surface area contributed by atoms with Gasteiger partial charge >= 0.3 is 5.97 Å². The molecule has 64 valence electrons. The van der Waals surface area contributed by atoms with Crippen molar-refractivity contribution in [1.82, 2.24) is 9.97 Å². The number of aromatic nitrogens is 2. The number of rotatable bonds is 1. The van der Waals surface area contributed by atoms with Crippen LogP contribution in [-0.2, 0) is 4.74 Å². The first kappa shape index (κ1) is 8.73. The van der Waals surface area contributed by atoms with E-state index in [4.69, 9.17) is 16.7 Å². The zero-order valence-electron chi connectivity index (χ0n) is 6.11. The van der Waals surface area contributed by atoms with E-state index < -0.39 is 5.97 Å². The Balaban J connectivity index is 3.08. The number of esters is 1. The third-order valence-corrected chi connectivity index (χ3v) is 1.25. The van der Waals surface area contributed by atoms with Crippen molar-refractivity contribution < 1.29 is 14.6 Å². The predicted octanol–water partition coefficient (Wildman–Crippen LogP) is 0.622. The topological polar surface area (TPSA) is 72.3 Å². The Hall–Kier alpha value is -1.36. The fourth-order valence-corrected chi connectivity index (χ4v) is 0.793. The number of halogens is 1. The Morgan fingerprint density at radius 1 is 1.67 bits per heavy atom. The second-order valence-electron chi connectivity index (χ2n) is 1.87. The molecule has 0 amide bonds. The zero-order chi connectivity index (χ0) is 9.14. The summed E-state index contributed by atoms with van der Waals surface area (Å²) < 4.78 is 4.35. The van der Waals surface area contributed by atoms with Gasteiger partial charge in [0.15, 0.2) is 5.69 Å². The molecule has 0 bridgehead atoms. The lowest BCUT2D eigenvalue weighted by atomic mass is 10.4. The fraction of sp³-hybridized carbons (Fsp3) is 0.167. The molecule has 0 fully saturated rings. The monoisotopic (exact) mass is 188 g/mol. The summed E-state index contributed by atoms with van der Waals surface area (Å²) in [5.74, 6) is -1.04. The molecule has 0 unspecified atom stereocenters. The Labute approximate surface area is 73.0 Å². The minimum absolute atomic E-state index is 0.0741. The third kappa shape index (κ3) is 1.82. The highest BCUT2D eigenvalue weighted by molar-refractivity contribution is 6.28. The number of hydrogen-bond acceptors (Lipinski definition) is 5. The van der Waals surface area contributed by atoms with Crippen LogP contribution in [-0.4, -0.2) is 28.2 Å². The Morgan fingerprint density at radius 3 is 2.83 bits per heavy atom. The minimum Gasteiger partial charge on any atom is -0.493 e. The normalized spacial score (nSPS) is 9.50. The first-order valence-electron chi connectivity index (χ1n) is 2.95. The number of carbonyl (C=O) groups excluding carboxylic acids is 1. The smallest absolute Gasteiger partial charge is 0.356 e. The number of aromatic hydroxyl groups is 1. The van der Waals surface area contributed by atoms with Gasteiger partial charge in [0.05, 0.1) is 7.11 Å². The first-order chi connectivity index (χ1) is 5.63. The summed E-state index contributed by atoms with van der Waals surface area (Å²) in [7, 11) is 1.20. The average molecular weight is 189 g/mol. The van der Waals surface area contributed by atoms with E-state index in [0.29, 0.717) is 0 Å². The van der Waals surface area contributed by atoms with Crippen LogP contribution in [0.4, 0.5) is 0 Å². The van der Waals surface area contributed by atoms with E-state index in [1.807, 2.05) is 0 Å². The van der Waals surface area contributed by atoms with Gasteiger partial charge in [0.25, 0.3) is 0 Å². The molecule has 0 saturated heterocycles. The molecule has 6 heteroatoms. The van der Waals surface area contributed by atoms with Crippen molar-refractivity contribution in [3.63, 3.8) is 0 Å². The average Bonchev–Trinajstić information content (AvgIpc) is 2.01. The molecule has 0 saturated carbocycles. The molecule has 1 aromatic rings. The van der Waals surface area contributed by atoms with Crippen molar-refractivity contribution in [2.75, 3.05) is 7.11 Å². The summed E-state index contributed by atoms with van der Waals surface area (Å²) in [5.41, 5.74) is -0.0741. The molecule has 0 atom stereocenters. The zero-order valence-corrected chi connectivity index (χ0v) is 6.87. The van der Waals surface area contributed by atoms with Gasteiger partial charge < -0.3 is 9.84 Å². The predicted molar refractivity (Wildman–Crippen MR) is 40.0 cm³/mol. The summed E-state index contributed by atoms with van der Waals surface area (Å²) in [5, 5.41) is 8.70. The lowest BCUT2D eigenvalue weighted by Gasteiger charge is -1.98. The van der Waals surface area contributed by atoms with Gasteiger partial charge in [0.2, 0.25) is 11.2 Å². The number of carbonyl (C=O) groups is 1. The van der Waals surface area contributed by atoms with Crippen molar-refractivity contribution in [3.8, 4) is 5.88 Å². The molecule has 0 radical (unpaired) electrons. The van der Waals surface area contributed by atoms with Gasteiger partial charge in [0.1, 0.15) is 0 Å². The van der Waals surface area contributed by atoms with Gasteiger partial charge in [-0.3, -0.25) is 0 Å². The fourth-order valence-electron chi connectivity index (χ4n) is 0.615. The molecular weight excluding hydrogens is 184 g/mol. The van der Waals surface area contributed by atoms with Crippen LogP contribution in [0.25, 0.3) is 0 Å². The lowest BCUT2D eigenvalue weighted by Crippen LogP contribution is -2.04. The lowest BCUT2D eigenvalue weighted by molar-refractivity contribution is 0.0593. The molecule has 0 aliphatic carbocycles. The minimum atomic E-state index is -0.672. The molecule has 1 aromatic heterocycles. The van der Waals surface area contributed by atoms with Crippen LogP contribution in [0.2, 0.25) is 5.28 Å². The molecule has 5 nitrogen and oxygen atoms in total. The molecule has 1 rings (SSSR count). The number of ether oxygens (including phenoxy) is 1. The van der Waals surface area contributed by atoms with E-state index >= 15 is 0 Å². The van der Waals surface area contributed by atoms with Crippen LogP contribution in [0.15, 0.2) is 6.07 Å². The Morgan fingerprint density at radius 2 is 2.33 bits per heavy atom. The van der Waals surface area contributed by atoms with Crippen LogP contribution in [0.3, 0.4) is 0 Å². The van der Waals surface area contributed by atoms with E-state index in [2.05, 4.69) is 14.7 Å². The molecule has 0 aromatic carbocycles. The highest BCUT2D eigenvalue weighted by atomic mass is 35.5. The number of methoxy groups -OCH3 is 1. The first-order valence-corrected chi connectivity index (χ1v) is 3.33. The summed E-state index contributed by atoms with van der Waals surface area (Å²) >= 11 is 5.36. The van der Waals surface area contributed by atoms with Gasteiger partial charge in [-0.2, -0.15) is 4.98 Å². The number of hydrogen-bond donors (Lipinski definition) is 1. The van der Waals surface area contributed by atoms with Crippen molar-refractivity contribution >= 4 is 17.6 Å². The molecule has 0 aliphatic heterocycles. The van der Waals surface area contributed by atoms with Crippen LogP contribution < -0.4 is 0 Å². The van der Waals surface area contributed by atoms with Crippen LogP contribution in [0, 0.1) is 0 Å². The van der Waals surface area contributed by atoms with E-state index in [9.17, 15) is 4.79 Å². The van der Waals surface area contributed by atoms with Crippen LogP contribution in [0.5, 0.6) is 5.88 Å². The van der Waals surface area contributed by atoms with E-state index in [1.54, 1.807) is 0 Å².